The van der Waals surface area contributed by atoms with E-state index in [0.717, 1.165) is 5.57 Å². The van der Waals surface area contributed by atoms with Gasteiger partial charge in [-0.05, 0) is 37.3 Å². The van der Waals surface area contributed by atoms with E-state index in [1.807, 2.05) is 6.92 Å². The van der Waals surface area contributed by atoms with Crippen LogP contribution in [0.1, 0.15) is 39.5 Å². The summed E-state index contributed by atoms with van der Waals surface area (Å²) in [5, 5.41) is 10.4. The minimum absolute atomic E-state index is 0.00229. The van der Waals surface area contributed by atoms with E-state index in [2.05, 4.69) is 0 Å². The third-order valence-electron chi connectivity index (χ3n) is 3.79. The predicted octanol–water partition coefficient (Wildman–Crippen LogP) is 1.40. The number of hydrogen-bond acceptors (Lipinski definition) is 3. The van der Waals surface area contributed by atoms with Gasteiger partial charge in [0.1, 0.15) is 5.78 Å². The number of allylic oxidation sites excluding steroid dienone is 1. The van der Waals surface area contributed by atoms with E-state index >= 15 is 0 Å². The molecular formula is C12H16O3. The molecule has 0 unspecified atom stereocenters. The second kappa shape index (κ2) is 3.27. The summed E-state index contributed by atoms with van der Waals surface area (Å²) >= 11 is 0. The maximum atomic E-state index is 11.6. The van der Waals surface area contributed by atoms with Crippen molar-refractivity contribution >= 4 is 11.6 Å². The Balaban J connectivity index is 2.46. The zero-order valence-electron chi connectivity index (χ0n) is 9.17. The highest BCUT2D eigenvalue weighted by molar-refractivity contribution is 5.98. The first kappa shape index (κ1) is 10.6. The molecule has 0 radical (unpaired) electrons. The summed E-state index contributed by atoms with van der Waals surface area (Å²) in [6.07, 6.45) is 2.06. The Morgan fingerprint density at radius 3 is 2.80 bits per heavy atom. The number of Topliss-reactive ketones (excluding diaryl/α,β-unsaturated/α-hetero) is 2. The van der Waals surface area contributed by atoms with Crippen molar-refractivity contribution in [3.8, 4) is 0 Å². The van der Waals surface area contributed by atoms with Gasteiger partial charge in [-0.15, -0.1) is 0 Å². The van der Waals surface area contributed by atoms with Crippen LogP contribution in [0, 0.1) is 5.92 Å². The molecule has 82 valence electrons. The Kier molecular flexibility index (Phi) is 2.30. The van der Waals surface area contributed by atoms with Crippen molar-refractivity contribution in [2.75, 3.05) is 0 Å². The molecule has 0 aromatic carbocycles. The Hall–Kier alpha value is -0.960. The van der Waals surface area contributed by atoms with Crippen molar-refractivity contribution < 1.29 is 14.7 Å². The van der Waals surface area contributed by atoms with Crippen LogP contribution in [0.4, 0.5) is 0 Å². The first-order valence-electron chi connectivity index (χ1n) is 5.49. The Morgan fingerprint density at radius 2 is 2.27 bits per heavy atom. The molecule has 1 fully saturated rings. The van der Waals surface area contributed by atoms with E-state index in [9.17, 15) is 14.7 Å². The zero-order valence-corrected chi connectivity index (χ0v) is 9.17. The third-order valence-corrected chi connectivity index (χ3v) is 3.79. The molecule has 0 bridgehead atoms. The van der Waals surface area contributed by atoms with Crippen LogP contribution in [-0.2, 0) is 9.59 Å². The minimum Gasteiger partial charge on any atom is -0.385 e. The quantitative estimate of drug-likeness (QED) is 0.746. The average molecular weight is 208 g/mol. The first-order chi connectivity index (χ1) is 7.00. The van der Waals surface area contributed by atoms with Crippen LogP contribution in [-0.4, -0.2) is 22.3 Å². The summed E-state index contributed by atoms with van der Waals surface area (Å²) in [7, 11) is 0. The highest BCUT2D eigenvalue weighted by Crippen LogP contribution is 2.50. The first-order valence-corrected chi connectivity index (χ1v) is 5.49. The molecule has 0 aliphatic heterocycles. The van der Waals surface area contributed by atoms with Crippen LogP contribution < -0.4 is 0 Å². The lowest BCUT2D eigenvalue weighted by Gasteiger charge is -2.25. The van der Waals surface area contributed by atoms with Gasteiger partial charge in [0.25, 0.3) is 0 Å². The maximum absolute atomic E-state index is 11.6. The molecule has 0 aromatic heterocycles. The highest BCUT2D eigenvalue weighted by atomic mass is 16.3. The van der Waals surface area contributed by atoms with Gasteiger partial charge in [-0.25, -0.2) is 0 Å². The van der Waals surface area contributed by atoms with Gasteiger partial charge in [-0.1, -0.05) is 6.92 Å². The van der Waals surface area contributed by atoms with E-state index < -0.39 is 5.60 Å². The fourth-order valence-electron chi connectivity index (χ4n) is 3.04. The molecule has 3 nitrogen and oxygen atoms in total. The molecule has 0 heterocycles. The SMILES string of the molecule is CCC1=C(C(C)=O)C[C@H]2C(=O)CC[C@@]12O. The van der Waals surface area contributed by atoms with E-state index in [0.29, 0.717) is 31.3 Å². The summed E-state index contributed by atoms with van der Waals surface area (Å²) < 4.78 is 0. The van der Waals surface area contributed by atoms with Gasteiger partial charge < -0.3 is 5.11 Å². The van der Waals surface area contributed by atoms with Crippen molar-refractivity contribution in [1.82, 2.24) is 0 Å². The van der Waals surface area contributed by atoms with Crippen LogP contribution in [0.2, 0.25) is 0 Å². The lowest BCUT2D eigenvalue weighted by atomic mass is 9.87. The van der Waals surface area contributed by atoms with Crippen LogP contribution in [0.15, 0.2) is 11.1 Å². The lowest BCUT2D eigenvalue weighted by Crippen LogP contribution is -2.33. The molecule has 2 atom stereocenters. The molecule has 2 rings (SSSR count). The predicted molar refractivity (Wildman–Crippen MR) is 55.3 cm³/mol. The van der Waals surface area contributed by atoms with Gasteiger partial charge in [-0.2, -0.15) is 0 Å². The van der Waals surface area contributed by atoms with E-state index in [1.165, 1.54) is 6.92 Å². The normalized spacial score (nSPS) is 34.9. The van der Waals surface area contributed by atoms with Gasteiger partial charge in [-0.3, -0.25) is 9.59 Å². The molecular weight excluding hydrogens is 192 g/mol. The number of rotatable bonds is 2. The molecule has 0 amide bonds. The van der Waals surface area contributed by atoms with Crippen LogP contribution in [0.5, 0.6) is 0 Å². The number of ketones is 2. The van der Waals surface area contributed by atoms with Crippen molar-refractivity contribution in [1.29, 1.82) is 0 Å². The van der Waals surface area contributed by atoms with Crippen LogP contribution in [0.25, 0.3) is 0 Å². The summed E-state index contributed by atoms with van der Waals surface area (Å²) in [5.41, 5.74) is 0.510. The average Bonchev–Trinajstić information content (AvgIpc) is 2.61. The van der Waals surface area contributed by atoms with Gasteiger partial charge >= 0.3 is 0 Å². The van der Waals surface area contributed by atoms with Crippen molar-refractivity contribution in [3.05, 3.63) is 11.1 Å². The largest absolute Gasteiger partial charge is 0.385 e. The fraction of sp³-hybridized carbons (Fsp3) is 0.667. The number of carbonyl (C=O) groups excluding carboxylic acids is 2. The smallest absolute Gasteiger partial charge is 0.155 e. The third kappa shape index (κ3) is 1.29. The zero-order chi connectivity index (χ0) is 11.2. The van der Waals surface area contributed by atoms with Crippen LogP contribution in [0.3, 0.4) is 0 Å². The summed E-state index contributed by atoms with van der Waals surface area (Å²) in [5.74, 6) is -0.228. The van der Waals surface area contributed by atoms with E-state index in [1.54, 1.807) is 0 Å². The molecule has 3 heteroatoms. The minimum atomic E-state index is -0.993. The fourth-order valence-corrected chi connectivity index (χ4v) is 3.04. The molecule has 1 N–H and O–H groups in total. The van der Waals surface area contributed by atoms with Gasteiger partial charge in [0.05, 0.1) is 11.5 Å². The second-order valence-corrected chi connectivity index (χ2v) is 4.51. The second-order valence-electron chi connectivity index (χ2n) is 4.51. The number of fused-ring (bicyclic) bond motifs is 1. The summed E-state index contributed by atoms with van der Waals surface area (Å²) in [4.78, 5) is 23.0. The standard InChI is InChI=1S/C12H16O3/c1-3-9-8(7(2)13)6-10-11(14)4-5-12(9,10)15/h10,15H,3-6H2,1-2H3/t10-,12+/m0/s1. The van der Waals surface area contributed by atoms with Gasteiger partial charge in [0.15, 0.2) is 5.78 Å². The monoisotopic (exact) mass is 208 g/mol. The Labute approximate surface area is 89.2 Å². The molecule has 1 saturated carbocycles. The van der Waals surface area contributed by atoms with Crippen molar-refractivity contribution in [3.63, 3.8) is 0 Å². The molecule has 2 aliphatic carbocycles. The topological polar surface area (TPSA) is 54.4 Å². The number of aliphatic hydroxyl groups is 1. The maximum Gasteiger partial charge on any atom is 0.155 e. The highest BCUT2D eigenvalue weighted by Gasteiger charge is 2.54. The van der Waals surface area contributed by atoms with Crippen molar-refractivity contribution in [2.45, 2.75) is 45.1 Å². The molecule has 0 spiro atoms. The Morgan fingerprint density at radius 1 is 1.60 bits per heavy atom. The van der Waals surface area contributed by atoms with Crippen molar-refractivity contribution in [2.24, 2.45) is 5.92 Å². The molecule has 15 heavy (non-hydrogen) atoms. The number of hydrogen-bond donors (Lipinski definition) is 1. The summed E-state index contributed by atoms with van der Waals surface area (Å²) in [6, 6.07) is 0. The summed E-state index contributed by atoms with van der Waals surface area (Å²) in [6.45, 7) is 3.45. The van der Waals surface area contributed by atoms with Crippen LogP contribution >= 0.6 is 0 Å². The van der Waals surface area contributed by atoms with Gasteiger partial charge in [0.2, 0.25) is 0 Å². The molecule has 0 saturated heterocycles. The van der Waals surface area contributed by atoms with E-state index in [4.69, 9.17) is 0 Å². The van der Waals surface area contributed by atoms with Gasteiger partial charge in [0, 0.05) is 6.42 Å². The lowest BCUT2D eigenvalue weighted by molar-refractivity contribution is -0.122. The Bertz CT molecular complexity index is 367. The van der Waals surface area contributed by atoms with E-state index in [-0.39, 0.29) is 17.5 Å². The molecule has 2 aliphatic rings. The number of carbonyl (C=O) groups is 2. The molecule has 0 aromatic rings.